The molecule has 0 radical (unpaired) electrons. The van der Waals surface area contributed by atoms with Crippen molar-refractivity contribution in [3.8, 4) is 5.82 Å². The minimum Gasteiger partial charge on any atom is -0.324 e. The number of hydrogen-bond donors (Lipinski definition) is 1. The van der Waals surface area contributed by atoms with Crippen LogP contribution in [0.4, 0.5) is 11.6 Å². The molecule has 0 atom stereocenters. The van der Waals surface area contributed by atoms with Crippen molar-refractivity contribution in [2.45, 2.75) is 6.42 Å². The van der Waals surface area contributed by atoms with Gasteiger partial charge in [-0.3, -0.25) is 4.57 Å². The van der Waals surface area contributed by atoms with Crippen molar-refractivity contribution < 1.29 is 0 Å². The van der Waals surface area contributed by atoms with E-state index in [0.29, 0.717) is 5.95 Å². The largest absolute Gasteiger partial charge is 0.324 e. The standard InChI is InChI=1S/C20H15N5/c1-2-11-21-18(9-1)25-12-10-15-13-22-20(24-19(15)25)23-17-8-4-6-14-5-3-7-16(14)17/h1-4,6-13H,5H2,(H,22,23,24). The van der Waals surface area contributed by atoms with Gasteiger partial charge in [0, 0.05) is 35.2 Å². The highest BCUT2D eigenvalue weighted by Crippen LogP contribution is 2.29. The summed E-state index contributed by atoms with van der Waals surface area (Å²) < 4.78 is 1.97. The third-order valence-electron chi connectivity index (χ3n) is 4.39. The van der Waals surface area contributed by atoms with E-state index in [-0.39, 0.29) is 0 Å². The van der Waals surface area contributed by atoms with E-state index in [1.807, 2.05) is 41.2 Å². The van der Waals surface area contributed by atoms with E-state index in [9.17, 15) is 0 Å². The van der Waals surface area contributed by atoms with Crippen LogP contribution in [-0.2, 0) is 6.42 Å². The molecule has 1 aliphatic rings. The molecule has 1 N–H and O–H groups in total. The van der Waals surface area contributed by atoms with E-state index in [4.69, 9.17) is 4.98 Å². The molecule has 0 aliphatic heterocycles. The summed E-state index contributed by atoms with van der Waals surface area (Å²) in [5, 5.41) is 4.34. The van der Waals surface area contributed by atoms with Gasteiger partial charge in [0.25, 0.3) is 0 Å². The van der Waals surface area contributed by atoms with Crippen LogP contribution in [0, 0.1) is 0 Å². The number of hydrogen-bond acceptors (Lipinski definition) is 4. The Hall–Kier alpha value is -3.47. The van der Waals surface area contributed by atoms with E-state index in [1.54, 1.807) is 6.20 Å². The second kappa shape index (κ2) is 5.56. The van der Waals surface area contributed by atoms with Crippen molar-refractivity contribution in [1.82, 2.24) is 19.5 Å². The quantitative estimate of drug-likeness (QED) is 0.615. The van der Waals surface area contributed by atoms with Crippen LogP contribution in [0.2, 0.25) is 0 Å². The SMILES string of the molecule is C1=Cc2c(cccc2Nc2ncc3ccn(-c4ccccn4)c3n2)C1. The summed E-state index contributed by atoms with van der Waals surface area (Å²) in [4.78, 5) is 13.6. The maximum absolute atomic E-state index is 4.71. The monoisotopic (exact) mass is 325 g/mol. The summed E-state index contributed by atoms with van der Waals surface area (Å²) >= 11 is 0. The molecule has 0 amide bonds. The number of allylic oxidation sites excluding steroid dienone is 1. The fraction of sp³-hybridized carbons (Fsp3) is 0.0500. The van der Waals surface area contributed by atoms with Gasteiger partial charge in [0.1, 0.15) is 5.82 Å². The lowest BCUT2D eigenvalue weighted by molar-refractivity contribution is 1.02. The zero-order valence-corrected chi connectivity index (χ0v) is 13.4. The van der Waals surface area contributed by atoms with Crippen molar-refractivity contribution in [3.05, 3.63) is 78.3 Å². The van der Waals surface area contributed by atoms with Crippen LogP contribution in [0.15, 0.2) is 67.1 Å². The van der Waals surface area contributed by atoms with Crippen molar-refractivity contribution >= 4 is 28.7 Å². The molecule has 0 saturated carbocycles. The topological polar surface area (TPSA) is 55.6 Å². The van der Waals surface area contributed by atoms with Crippen LogP contribution < -0.4 is 5.32 Å². The molecule has 5 nitrogen and oxygen atoms in total. The Balaban J connectivity index is 1.57. The highest BCUT2D eigenvalue weighted by atomic mass is 15.2. The fourth-order valence-electron chi connectivity index (χ4n) is 3.18. The van der Waals surface area contributed by atoms with Crippen LogP contribution >= 0.6 is 0 Å². The molecular formula is C20H15N5. The van der Waals surface area contributed by atoms with Gasteiger partial charge in [-0.05, 0) is 36.2 Å². The maximum atomic E-state index is 4.71. The van der Waals surface area contributed by atoms with Crippen LogP contribution in [-0.4, -0.2) is 19.5 Å². The molecule has 120 valence electrons. The summed E-state index contributed by atoms with van der Waals surface area (Å²) in [6.45, 7) is 0. The lowest BCUT2D eigenvalue weighted by Gasteiger charge is -2.10. The Morgan fingerprint density at radius 2 is 2.00 bits per heavy atom. The first-order chi connectivity index (χ1) is 12.4. The van der Waals surface area contributed by atoms with Crippen LogP contribution in [0.1, 0.15) is 11.1 Å². The lowest BCUT2D eigenvalue weighted by Crippen LogP contribution is -2.02. The zero-order valence-electron chi connectivity index (χ0n) is 13.4. The minimum atomic E-state index is 0.581. The fourth-order valence-corrected chi connectivity index (χ4v) is 3.18. The normalized spacial score (nSPS) is 12.5. The molecule has 3 heterocycles. The Labute approximate surface area is 144 Å². The van der Waals surface area contributed by atoms with E-state index in [1.165, 1.54) is 11.1 Å². The Morgan fingerprint density at radius 3 is 2.92 bits per heavy atom. The van der Waals surface area contributed by atoms with Crippen LogP contribution in [0.5, 0.6) is 0 Å². The van der Waals surface area contributed by atoms with E-state index in [2.05, 4.69) is 45.6 Å². The maximum Gasteiger partial charge on any atom is 0.229 e. The average Bonchev–Trinajstić information content (AvgIpc) is 3.29. The molecule has 1 aromatic carbocycles. The van der Waals surface area contributed by atoms with E-state index < -0.39 is 0 Å². The molecule has 4 aromatic rings. The van der Waals surface area contributed by atoms with Crippen LogP contribution in [0.3, 0.4) is 0 Å². The minimum absolute atomic E-state index is 0.581. The van der Waals surface area contributed by atoms with Gasteiger partial charge in [-0.15, -0.1) is 0 Å². The first-order valence-corrected chi connectivity index (χ1v) is 8.19. The number of benzene rings is 1. The first kappa shape index (κ1) is 13.9. The molecule has 25 heavy (non-hydrogen) atoms. The smallest absolute Gasteiger partial charge is 0.229 e. The number of aromatic nitrogens is 4. The summed E-state index contributed by atoms with van der Waals surface area (Å²) in [6.07, 6.45) is 10.9. The van der Waals surface area contributed by atoms with Gasteiger partial charge in [-0.2, -0.15) is 4.98 Å². The van der Waals surface area contributed by atoms with Gasteiger partial charge in [0.15, 0.2) is 5.65 Å². The van der Waals surface area contributed by atoms with Crippen molar-refractivity contribution in [2.24, 2.45) is 0 Å². The summed E-state index contributed by atoms with van der Waals surface area (Å²) in [5.41, 5.74) is 4.40. The molecule has 0 unspecified atom stereocenters. The zero-order chi connectivity index (χ0) is 16.6. The van der Waals surface area contributed by atoms with Crippen molar-refractivity contribution in [1.29, 1.82) is 0 Å². The Bertz CT molecular complexity index is 1100. The number of fused-ring (bicyclic) bond motifs is 2. The van der Waals surface area contributed by atoms with Crippen LogP contribution in [0.25, 0.3) is 22.9 Å². The van der Waals surface area contributed by atoms with Gasteiger partial charge in [-0.25, -0.2) is 9.97 Å². The second-order valence-corrected chi connectivity index (χ2v) is 5.96. The predicted octanol–water partition coefficient (Wildman–Crippen LogP) is 4.13. The molecule has 5 heteroatoms. The molecule has 0 fully saturated rings. The predicted molar refractivity (Wildman–Crippen MR) is 99.1 cm³/mol. The molecule has 1 aliphatic carbocycles. The van der Waals surface area contributed by atoms with E-state index in [0.717, 1.165) is 29.0 Å². The van der Waals surface area contributed by atoms with Gasteiger partial charge in [0.2, 0.25) is 5.95 Å². The number of nitrogens with one attached hydrogen (secondary N) is 1. The van der Waals surface area contributed by atoms with Gasteiger partial charge in [0.05, 0.1) is 0 Å². The third kappa shape index (κ3) is 2.37. The summed E-state index contributed by atoms with van der Waals surface area (Å²) in [6, 6.07) is 14.1. The number of pyridine rings is 1. The van der Waals surface area contributed by atoms with Crippen molar-refractivity contribution in [2.75, 3.05) is 5.32 Å². The molecule has 0 spiro atoms. The average molecular weight is 325 g/mol. The molecule has 0 saturated heterocycles. The number of nitrogens with zero attached hydrogens (tertiary/aromatic N) is 4. The second-order valence-electron chi connectivity index (χ2n) is 5.96. The molecule has 3 aromatic heterocycles. The lowest BCUT2D eigenvalue weighted by atomic mass is 10.1. The molecule has 5 rings (SSSR count). The Kier molecular flexibility index (Phi) is 3.10. The van der Waals surface area contributed by atoms with E-state index >= 15 is 0 Å². The van der Waals surface area contributed by atoms with Gasteiger partial charge < -0.3 is 5.32 Å². The Morgan fingerprint density at radius 1 is 1.00 bits per heavy atom. The number of anilines is 2. The molecular weight excluding hydrogens is 310 g/mol. The van der Waals surface area contributed by atoms with Crippen molar-refractivity contribution in [3.63, 3.8) is 0 Å². The van der Waals surface area contributed by atoms with Gasteiger partial charge >= 0.3 is 0 Å². The summed E-state index contributed by atoms with van der Waals surface area (Å²) in [5.74, 6) is 1.42. The highest BCUT2D eigenvalue weighted by Gasteiger charge is 2.12. The van der Waals surface area contributed by atoms with Gasteiger partial charge in [-0.1, -0.05) is 30.4 Å². The number of rotatable bonds is 3. The highest BCUT2D eigenvalue weighted by molar-refractivity contribution is 5.80. The summed E-state index contributed by atoms with van der Waals surface area (Å²) in [7, 11) is 0. The third-order valence-corrected chi connectivity index (χ3v) is 4.39. The molecule has 0 bridgehead atoms. The first-order valence-electron chi connectivity index (χ1n) is 8.19.